The number of nitrogens with one attached hydrogen (secondary N) is 2. The van der Waals surface area contributed by atoms with Crippen LogP contribution in [0.25, 0.3) is 0 Å². The number of hydrogen-bond acceptors (Lipinski definition) is 5. The van der Waals surface area contributed by atoms with Gasteiger partial charge in [-0.1, -0.05) is 30.9 Å². The maximum Gasteiger partial charge on any atom is 0.229 e. The van der Waals surface area contributed by atoms with Gasteiger partial charge in [0.05, 0.1) is 6.20 Å². The number of amides is 1. The number of aryl methyl sites for hydroxylation is 1. The first-order valence-electron chi connectivity index (χ1n) is 10.1. The van der Waals surface area contributed by atoms with Gasteiger partial charge in [-0.25, -0.2) is 4.98 Å². The second kappa shape index (κ2) is 8.35. The van der Waals surface area contributed by atoms with E-state index in [1.54, 1.807) is 11.1 Å². The Hall–Kier alpha value is -2.34. The molecular weight excluding hydrogens is 374 g/mol. The Morgan fingerprint density at radius 3 is 2.79 bits per heavy atom. The summed E-state index contributed by atoms with van der Waals surface area (Å²) in [5, 5.41) is 7.30. The Labute approximate surface area is 170 Å². The maximum absolute atomic E-state index is 12.1. The van der Waals surface area contributed by atoms with Gasteiger partial charge in [0.2, 0.25) is 11.9 Å². The molecule has 0 saturated heterocycles. The van der Waals surface area contributed by atoms with E-state index in [4.69, 9.17) is 11.6 Å². The fraction of sp³-hybridized carbons (Fsp3) is 0.476. The number of anilines is 4. The van der Waals surface area contributed by atoms with Crippen molar-refractivity contribution in [2.24, 2.45) is 0 Å². The molecule has 1 fully saturated rings. The highest BCUT2D eigenvalue weighted by Crippen LogP contribution is 2.30. The van der Waals surface area contributed by atoms with E-state index in [1.165, 1.54) is 19.3 Å². The smallest absolute Gasteiger partial charge is 0.229 e. The zero-order chi connectivity index (χ0) is 19.5. The van der Waals surface area contributed by atoms with E-state index < -0.39 is 0 Å². The van der Waals surface area contributed by atoms with Crippen LogP contribution in [0.1, 0.15) is 50.5 Å². The molecular formula is C21H26ClN5O. The molecule has 4 rings (SSSR count). The highest BCUT2D eigenvalue weighted by atomic mass is 35.5. The number of aromatic nitrogens is 2. The lowest BCUT2D eigenvalue weighted by Crippen LogP contribution is -2.24. The highest BCUT2D eigenvalue weighted by molar-refractivity contribution is 6.32. The number of fused-ring (bicyclic) bond motifs is 1. The Morgan fingerprint density at radius 2 is 1.96 bits per heavy atom. The fourth-order valence-corrected chi connectivity index (χ4v) is 4.17. The average Bonchev–Trinajstić information content (AvgIpc) is 2.84. The van der Waals surface area contributed by atoms with Crippen molar-refractivity contribution in [3.63, 3.8) is 0 Å². The summed E-state index contributed by atoms with van der Waals surface area (Å²) in [5.41, 5.74) is 3.05. The van der Waals surface area contributed by atoms with E-state index in [2.05, 4.69) is 26.7 Å². The first kappa shape index (κ1) is 19.0. The molecule has 2 aromatic rings. The molecule has 1 aliphatic carbocycles. The summed E-state index contributed by atoms with van der Waals surface area (Å²) in [6.07, 6.45) is 10.1. The average molecular weight is 400 g/mol. The number of halogens is 1. The van der Waals surface area contributed by atoms with Crippen molar-refractivity contribution >= 4 is 40.6 Å². The zero-order valence-corrected chi connectivity index (χ0v) is 16.9. The molecule has 0 radical (unpaired) electrons. The topological polar surface area (TPSA) is 70.2 Å². The minimum Gasteiger partial charge on any atom is -0.366 e. The molecule has 6 nitrogen and oxygen atoms in total. The Kier molecular flexibility index (Phi) is 5.67. The molecule has 1 aromatic heterocycles. The highest BCUT2D eigenvalue weighted by Gasteiger charge is 2.19. The number of hydrogen-bond donors (Lipinski definition) is 2. The summed E-state index contributed by atoms with van der Waals surface area (Å²) in [4.78, 5) is 22.7. The van der Waals surface area contributed by atoms with Gasteiger partial charge < -0.3 is 15.5 Å². The third kappa shape index (κ3) is 4.22. The van der Waals surface area contributed by atoms with Gasteiger partial charge in [-0.2, -0.15) is 4.98 Å². The second-order valence-corrected chi connectivity index (χ2v) is 8.05. The summed E-state index contributed by atoms with van der Waals surface area (Å²) in [7, 11) is 1.84. The third-order valence-corrected chi connectivity index (χ3v) is 5.87. The summed E-state index contributed by atoms with van der Waals surface area (Å²) in [6, 6.07) is 6.45. The molecule has 1 saturated carbocycles. The number of rotatable bonds is 4. The molecule has 2 N–H and O–H groups in total. The first-order valence-corrected chi connectivity index (χ1v) is 10.4. The lowest BCUT2D eigenvalue weighted by Gasteiger charge is -2.23. The van der Waals surface area contributed by atoms with Crippen molar-refractivity contribution in [2.75, 3.05) is 22.6 Å². The van der Waals surface area contributed by atoms with E-state index in [9.17, 15) is 4.79 Å². The van der Waals surface area contributed by atoms with E-state index in [0.717, 1.165) is 42.6 Å². The minimum absolute atomic E-state index is 0.166. The fourth-order valence-electron chi connectivity index (χ4n) is 4.02. The molecule has 28 heavy (non-hydrogen) atoms. The van der Waals surface area contributed by atoms with Crippen LogP contribution < -0.4 is 15.5 Å². The Balaban J connectivity index is 1.52. The molecule has 1 amide bonds. The van der Waals surface area contributed by atoms with E-state index in [-0.39, 0.29) is 5.91 Å². The van der Waals surface area contributed by atoms with Crippen LogP contribution in [0.5, 0.6) is 0 Å². The van der Waals surface area contributed by atoms with Crippen LogP contribution in [0.15, 0.2) is 24.4 Å². The van der Waals surface area contributed by atoms with Crippen molar-refractivity contribution in [3.8, 4) is 0 Å². The van der Waals surface area contributed by atoms with Crippen molar-refractivity contribution in [1.29, 1.82) is 0 Å². The molecule has 0 bridgehead atoms. The van der Waals surface area contributed by atoms with Gasteiger partial charge in [-0.3, -0.25) is 4.79 Å². The number of benzene rings is 1. The van der Waals surface area contributed by atoms with Crippen LogP contribution in [0.4, 0.5) is 23.1 Å². The molecule has 2 aliphatic rings. The summed E-state index contributed by atoms with van der Waals surface area (Å²) in [5.74, 6) is 1.37. The largest absolute Gasteiger partial charge is 0.366 e. The van der Waals surface area contributed by atoms with Gasteiger partial charge in [0, 0.05) is 30.9 Å². The van der Waals surface area contributed by atoms with Gasteiger partial charge in [-0.05, 0) is 49.4 Å². The Bertz CT molecular complexity index is 866. The molecule has 148 valence electrons. The maximum atomic E-state index is 12.1. The standard InChI is InChI=1S/C21H26ClN5O/c1-27-18-11-10-16(12-14(18)6-5-9-19(27)28)25-21-23-13-17(22)20(26-21)24-15-7-3-2-4-8-15/h10-13,15H,2-9H2,1H3,(H2,23,24,25,26). The van der Waals surface area contributed by atoms with Crippen molar-refractivity contribution in [3.05, 3.63) is 35.0 Å². The number of nitrogens with zero attached hydrogens (tertiary/aromatic N) is 3. The van der Waals surface area contributed by atoms with Crippen molar-refractivity contribution < 1.29 is 4.79 Å². The monoisotopic (exact) mass is 399 g/mol. The summed E-state index contributed by atoms with van der Waals surface area (Å²) >= 11 is 6.31. The van der Waals surface area contributed by atoms with Crippen LogP contribution in [0, 0.1) is 0 Å². The zero-order valence-electron chi connectivity index (χ0n) is 16.2. The second-order valence-electron chi connectivity index (χ2n) is 7.64. The minimum atomic E-state index is 0.166. The van der Waals surface area contributed by atoms with Gasteiger partial charge in [-0.15, -0.1) is 0 Å². The molecule has 1 aromatic carbocycles. The van der Waals surface area contributed by atoms with Crippen LogP contribution in [-0.4, -0.2) is 29.0 Å². The normalized spacial score (nSPS) is 17.8. The molecule has 1 aliphatic heterocycles. The van der Waals surface area contributed by atoms with E-state index in [1.807, 2.05) is 19.2 Å². The third-order valence-electron chi connectivity index (χ3n) is 5.60. The van der Waals surface area contributed by atoms with Crippen LogP contribution in [-0.2, 0) is 11.2 Å². The van der Waals surface area contributed by atoms with E-state index >= 15 is 0 Å². The predicted molar refractivity (Wildman–Crippen MR) is 114 cm³/mol. The quantitative estimate of drug-likeness (QED) is 0.763. The van der Waals surface area contributed by atoms with Gasteiger partial charge in [0.15, 0.2) is 5.82 Å². The van der Waals surface area contributed by atoms with Crippen LogP contribution in [0.2, 0.25) is 5.02 Å². The van der Waals surface area contributed by atoms with Crippen LogP contribution in [0.3, 0.4) is 0 Å². The first-order chi connectivity index (χ1) is 13.6. The van der Waals surface area contributed by atoms with Crippen molar-refractivity contribution in [1.82, 2.24) is 9.97 Å². The molecule has 0 atom stereocenters. The van der Waals surface area contributed by atoms with E-state index in [0.29, 0.717) is 29.3 Å². The predicted octanol–water partition coefficient (Wildman–Crippen LogP) is 4.92. The lowest BCUT2D eigenvalue weighted by molar-refractivity contribution is -0.118. The molecule has 7 heteroatoms. The lowest BCUT2D eigenvalue weighted by atomic mass is 9.95. The van der Waals surface area contributed by atoms with Gasteiger partial charge in [0.25, 0.3) is 0 Å². The molecule has 0 unspecified atom stereocenters. The van der Waals surface area contributed by atoms with Gasteiger partial charge >= 0.3 is 0 Å². The number of carbonyl (C=O) groups is 1. The summed E-state index contributed by atoms with van der Waals surface area (Å²) in [6.45, 7) is 0. The van der Waals surface area contributed by atoms with Crippen LogP contribution >= 0.6 is 11.6 Å². The SMILES string of the molecule is CN1C(=O)CCCc2cc(Nc3ncc(Cl)c(NC4CCCCC4)n3)ccc21. The van der Waals surface area contributed by atoms with Crippen molar-refractivity contribution in [2.45, 2.75) is 57.4 Å². The number of carbonyl (C=O) groups excluding carboxylic acids is 1. The molecule has 0 spiro atoms. The summed E-state index contributed by atoms with van der Waals surface area (Å²) < 4.78 is 0. The Morgan fingerprint density at radius 1 is 1.14 bits per heavy atom. The van der Waals surface area contributed by atoms with Gasteiger partial charge in [0.1, 0.15) is 5.02 Å². The molecule has 2 heterocycles.